The van der Waals surface area contributed by atoms with Gasteiger partial charge >= 0.3 is 5.97 Å². The number of rotatable bonds is 5. The molecule has 0 bridgehead atoms. The number of aromatic hydroxyl groups is 2. The van der Waals surface area contributed by atoms with Crippen LogP contribution in [0.25, 0.3) is 6.08 Å². The van der Waals surface area contributed by atoms with E-state index in [-0.39, 0.29) is 39.4 Å². The van der Waals surface area contributed by atoms with Crippen molar-refractivity contribution in [2.75, 3.05) is 14.2 Å². The molecule has 10 heteroatoms. The number of carbonyl (C=O) groups excluding carboxylic acids is 1. The van der Waals surface area contributed by atoms with Gasteiger partial charge in [-0.05, 0) is 53.7 Å². The van der Waals surface area contributed by atoms with Gasteiger partial charge in [-0.15, -0.1) is 0 Å². The predicted molar refractivity (Wildman–Crippen MR) is 107 cm³/mol. The minimum atomic E-state index is -1.29. The van der Waals surface area contributed by atoms with Gasteiger partial charge in [-0.25, -0.2) is 9.79 Å². The number of carboxylic acids is 1. The van der Waals surface area contributed by atoms with Crippen molar-refractivity contribution in [2.24, 2.45) is 4.99 Å². The molecule has 1 aliphatic rings. The molecule has 2 aromatic carbocycles. The maximum Gasteiger partial charge on any atom is 0.339 e. The van der Waals surface area contributed by atoms with Gasteiger partial charge in [0.05, 0.1) is 24.8 Å². The normalized spacial score (nSPS) is 16.1. The molecule has 1 saturated heterocycles. The molecule has 1 fully saturated rings. The first-order valence-electron chi connectivity index (χ1n) is 8.13. The van der Waals surface area contributed by atoms with Crippen molar-refractivity contribution < 1.29 is 34.4 Å². The molecule has 1 aliphatic heterocycles. The van der Waals surface area contributed by atoms with E-state index in [9.17, 15) is 19.8 Å². The Balaban J connectivity index is 1.90. The van der Waals surface area contributed by atoms with E-state index in [1.54, 1.807) is 18.2 Å². The first kappa shape index (κ1) is 20.1. The Bertz CT molecular complexity index is 1040. The van der Waals surface area contributed by atoms with Crippen LogP contribution in [-0.2, 0) is 4.79 Å². The van der Waals surface area contributed by atoms with Gasteiger partial charge < -0.3 is 30.1 Å². The number of aromatic carboxylic acids is 1. The number of phenols is 2. The molecule has 4 N–H and O–H groups in total. The number of ether oxygens (including phenoxy) is 2. The van der Waals surface area contributed by atoms with Gasteiger partial charge in [-0.1, -0.05) is 0 Å². The van der Waals surface area contributed by atoms with Crippen molar-refractivity contribution in [1.82, 2.24) is 5.32 Å². The zero-order valence-corrected chi connectivity index (χ0v) is 16.1. The maximum atomic E-state index is 12.3. The standard InChI is InChI=1S/C19H16N2O7S/c1-27-13-5-9(6-14(28-2)16(13)23)7-15-17(24)21-19(29-15)20-10-3-4-12(22)11(8-10)18(25)26/h3-8,22-23H,1-2H3,(H,25,26)(H,20,21,24)/b15-7-. The maximum absolute atomic E-state index is 12.3. The Morgan fingerprint density at radius 3 is 2.38 bits per heavy atom. The molecule has 2 aromatic rings. The Morgan fingerprint density at radius 2 is 1.79 bits per heavy atom. The van der Waals surface area contributed by atoms with Gasteiger partial charge in [0.2, 0.25) is 5.75 Å². The number of carbonyl (C=O) groups is 2. The molecule has 0 spiro atoms. The number of hydrogen-bond acceptors (Lipinski definition) is 8. The number of methoxy groups -OCH3 is 2. The number of aliphatic imine (C=N–C) groups is 1. The molecule has 0 unspecified atom stereocenters. The SMILES string of the molecule is COc1cc(/C=C2\SC(=Nc3ccc(O)c(C(=O)O)c3)NC2=O)cc(OC)c1O. The molecule has 0 aliphatic carbocycles. The molecule has 1 amide bonds. The summed E-state index contributed by atoms with van der Waals surface area (Å²) in [5.74, 6) is -1.82. The van der Waals surface area contributed by atoms with Crippen LogP contribution in [0.1, 0.15) is 15.9 Å². The summed E-state index contributed by atoms with van der Waals surface area (Å²) in [4.78, 5) is 27.9. The van der Waals surface area contributed by atoms with Crippen LogP contribution in [0.15, 0.2) is 40.2 Å². The highest BCUT2D eigenvalue weighted by molar-refractivity contribution is 8.18. The van der Waals surface area contributed by atoms with Crippen LogP contribution in [0.4, 0.5) is 5.69 Å². The van der Waals surface area contributed by atoms with Crippen LogP contribution >= 0.6 is 11.8 Å². The monoisotopic (exact) mass is 416 g/mol. The molecule has 150 valence electrons. The Labute approximate surface area is 169 Å². The largest absolute Gasteiger partial charge is 0.507 e. The van der Waals surface area contributed by atoms with E-state index in [4.69, 9.17) is 14.6 Å². The van der Waals surface area contributed by atoms with Gasteiger partial charge in [-0.3, -0.25) is 4.79 Å². The number of hydrogen-bond donors (Lipinski definition) is 4. The lowest BCUT2D eigenvalue weighted by Crippen LogP contribution is -2.19. The Hall–Kier alpha value is -3.66. The highest BCUT2D eigenvalue weighted by Gasteiger charge is 2.24. The van der Waals surface area contributed by atoms with Crippen LogP contribution in [0.5, 0.6) is 23.0 Å². The van der Waals surface area contributed by atoms with E-state index >= 15 is 0 Å². The second-order valence-corrected chi connectivity index (χ2v) is 6.79. The first-order chi connectivity index (χ1) is 13.8. The zero-order chi connectivity index (χ0) is 21.1. The summed E-state index contributed by atoms with van der Waals surface area (Å²) in [5.41, 5.74) is 0.533. The van der Waals surface area contributed by atoms with Crippen molar-refractivity contribution in [1.29, 1.82) is 0 Å². The van der Waals surface area contributed by atoms with Crippen LogP contribution in [-0.4, -0.2) is 46.6 Å². The molecular weight excluding hydrogens is 400 g/mol. The molecule has 29 heavy (non-hydrogen) atoms. The second-order valence-electron chi connectivity index (χ2n) is 5.76. The summed E-state index contributed by atoms with van der Waals surface area (Å²) < 4.78 is 10.2. The molecule has 1 heterocycles. The summed E-state index contributed by atoms with van der Waals surface area (Å²) in [7, 11) is 2.80. The summed E-state index contributed by atoms with van der Waals surface area (Å²) >= 11 is 1.05. The summed E-state index contributed by atoms with van der Waals surface area (Å²) in [6.45, 7) is 0. The lowest BCUT2D eigenvalue weighted by atomic mass is 10.1. The number of benzene rings is 2. The number of carboxylic acid groups (broad SMARTS) is 1. The highest BCUT2D eigenvalue weighted by atomic mass is 32.2. The number of nitrogens with zero attached hydrogens (tertiary/aromatic N) is 1. The number of phenolic OH excluding ortho intramolecular Hbond substituents is 1. The van der Waals surface area contributed by atoms with E-state index in [0.717, 1.165) is 11.8 Å². The van der Waals surface area contributed by atoms with Crippen molar-refractivity contribution in [3.8, 4) is 23.0 Å². The van der Waals surface area contributed by atoms with Gasteiger partial charge in [0.1, 0.15) is 11.3 Å². The third-order valence-corrected chi connectivity index (χ3v) is 4.80. The highest BCUT2D eigenvalue weighted by Crippen LogP contribution is 2.38. The van der Waals surface area contributed by atoms with Crippen LogP contribution in [0.2, 0.25) is 0 Å². The number of thioether (sulfide) groups is 1. The Morgan fingerprint density at radius 1 is 1.14 bits per heavy atom. The van der Waals surface area contributed by atoms with E-state index in [1.807, 2.05) is 0 Å². The molecule has 0 aromatic heterocycles. The minimum absolute atomic E-state index is 0.149. The van der Waals surface area contributed by atoms with Crippen molar-refractivity contribution >= 4 is 40.6 Å². The lowest BCUT2D eigenvalue weighted by Gasteiger charge is -2.09. The van der Waals surface area contributed by atoms with E-state index in [0.29, 0.717) is 10.5 Å². The van der Waals surface area contributed by atoms with E-state index < -0.39 is 11.9 Å². The third-order valence-electron chi connectivity index (χ3n) is 3.89. The van der Waals surface area contributed by atoms with Crippen LogP contribution < -0.4 is 14.8 Å². The van der Waals surface area contributed by atoms with Crippen molar-refractivity contribution in [3.63, 3.8) is 0 Å². The molecule has 9 nitrogen and oxygen atoms in total. The fourth-order valence-corrected chi connectivity index (χ4v) is 3.35. The number of nitrogens with one attached hydrogen (secondary N) is 1. The zero-order valence-electron chi connectivity index (χ0n) is 15.3. The van der Waals surface area contributed by atoms with Gasteiger partial charge in [-0.2, -0.15) is 0 Å². The van der Waals surface area contributed by atoms with Crippen molar-refractivity contribution in [2.45, 2.75) is 0 Å². The summed E-state index contributed by atoms with van der Waals surface area (Å²) in [6.07, 6.45) is 1.58. The minimum Gasteiger partial charge on any atom is -0.507 e. The quantitative estimate of drug-likeness (QED) is 0.546. The van der Waals surface area contributed by atoms with Crippen LogP contribution in [0, 0.1) is 0 Å². The average molecular weight is 416 g/mol. The van der Waals surface area contributed by atoms with Gasteiger partial charge in [0.25, 0.3) is 5.91 Å². The smallest absolute Gasteiger partial charge is 0.339 e. The summed E-state index contributed by atoms with van der Waals surface area (Å²) in [6, 6.07) is 6.95. The molecule has 0 saturated carbocycles. The number of amides is 1. The van der Waals surface area contributed by atoms with Gasteiger partial charge in [0, 0.05) is 0 Å². The predicted octanol–water partition coefficient (Wildman–Crippen LogP) is 2.70. The number of amidine groups is 1. The topological polar surface area (TPSA) is 138 Å². The Kier molecular flexibility index (Phi) is 5.64. The molecule has 0 atom stereocenters. The van der Waals surface area contributed by atoms with E-state index in [1.165, 1.54) is 32.4 Å². The van der Waals surface area contributed by atoms with E-state index in [2.05, 4.69) is 10.3 Å². The fraction of sp³-hybridized carbons (Fsp3) is 0.105. The van der Waals surface area contributed by atoms with Crippen molar-refractivity contribution in [3.05, 3.63) is 46.4 Å². The average Bonchev–Trinajstić information content (AvgIpc) is 3.03. The lowest BCUT2D eigenvalue weighted by molar-refractivity contribution is -0.115. The first-order valence-corrected chi connectivity index (χ1v) is 8.95. The van der Waals surface area contributed by atoms with Crippen LogP contribution in [0.3, 0.4) is 0 Å². The second kappa shape index (κ2) is 8.15. The van der Waals surface area contributed by atoms with Gasteiger partial charge in [0.15, 0.2) is 16.7 Å². The fourth-order valence-electron chi connectivity index (χ4n) is 2.51. The molecule has 0 radical (unpaired) electrons. The molecular formula is C19H16N2O7S. The third kappa shape index (κ3) is 4.27. The molecule has 3 rings (SSSR count). The summed E-state index contributed by atoms with van der Waals surface area (Å²) in [5, 5.41) is 31.5.